The fourth-order valence-electron chi connectivity index (χ4n) is 0. The summed E-state index contributed by atoms with van der Waals surface area (Å²) in [4.78, 5) is 0. The smallest absolute Gasteiger partial charge is 1.00 e. The van der Waals surface area contributed by atoms with Crippen LogP contribution < -0.4 is 42.4 Å². The third-order valence-electron chi connectivity index (χ3n) is 0. The van der Waals surface area contributed by atoms with E-state index in [9.17, 15) is 0 Å². The molecule has 0 aromatic heterocycles. The van der Waals surface area contributed by atoms with E-state index in [-0.39, 0.29) is 107 Å². The first-order valence-electron chi connectivity index (χ1n) is 0. The van der Waals surface area contributed by atoms with Crippen LogP contribution in [0.5, 0.6) is 0 Å². The molecule has 1 unspecified atom stereocenters. The molecule has 0 bridgehead atoms. The van der Waals surface area contributed by atoms with Crippen molar-refractivity contribution in [3.63, 3.8) is 0 Å². The second-order valence-electron chi connectivity index (χ2n) is 0. The van der Waals surface area contributed by atoms with E-state index in [0.717, 1.165) is 0 Å². The van der Waals surface area contributed by atoms with E-state index in [1.54, 1.807) is 0 Å². The second kappa shape index (κ2) is 573. The predicted octanol–water partition coefficient (Wildman–Crippen LogP) is -17.8. The summed E-state index contributed by atoms with van der Waals surface area (Å²) in [5, 5.41) is 0. The average Bonchev–Trinajstić information content (AvgIpc) is 0. The summed E-state index contributed by atoms with van der Waals surface area (Å²) >= 11 is 0. The van der Waals surface area contributed by atoms with E-state index in [2.05, 4.69) is 0 Å². The summed E-state index contributed by atoms with van der Waals surface area (Å²) in [6, 6.07) is 0. The van der Waals surface area contributed by atoms with Crippen molar-refractivity contribution in [1.82, 2.24) is 0 Å². The normalized spacial score (nSPS) is 0. The molecule has 0 saturated heterocycles. The fourth-order valence-corrected chi connectivity index (χ4v) is 0. The van der Waals surface area contributed by atoms with Gasteiger partial charge in [0.25, 0.3) is 0 Å². The minimum absolute atomic E-state index is 0. The number of halogens is 8. The summed E-state index contributed by atoms with van der Waals surface area (Å²) in [6.07, 6.45) is 0. The van der Waals surface area contributed by atoms with Gasteiger partial charge < -0.3 is 23.5 Å². The monoisotopic (exact) mass is 283 g/mol. The Bertz CT molecular complexity index is 19.0. The van der Waals surface area contributed by atoms with Crippen molar-refractivity contribution in [2.24, 2.45) is 0 Å². The minimum atomic E-state index is 0. The molecule has 0 rings (SSSR count). The minimum Gasteiger partial charge on any atom is -1.00 e. The molecule has 0 amide bonds. The van der Waals surface area contributed by atoms with Gasteiger partial charge in [-0.1, -0.05) is 0 Å². The number of hydrogen-bond donors (Lipinski definition) is 0. The van der Waals surface area contributed by atoms with Crippen molar-refractivity contribution >= 4 is 33.0 Å². The van der Waals surface area contributed by atoms with Crippen molar-refractivity contribution in [2.45, 2.75) is 0 Å². The van der Waals surface area contributed by atoms with Gasteiger partial charge in [-0.05, 0) is 0 Å². The van der Waals surface area contributed by atoms with Gasteiger partial charge in [-0.3, -0.25) is 14.1 Å². The van der Waals surface area contributed by atoms with Gasteiger partial charge in [-0.15, -0.1) is 0 Å². The summed E-state index contributed by atoms with van der Waals surface area (Å²) < 4.78 is 0. The first kappa shape index (κ1) is 728. The first-order chi connectivity index (χ1) is 0. The molecular weight excluding hydrogens is 278 g/mol. The van der Waals surface area contributed by atoms with E-state index in [0.29, 0.717) is 0 Å². The Kier molecular flexibility index (Phi) is 34800. The molecular formula is H6CuF8LiMgP. The van der Waals surface area contributed by atoms with Crippen LogP contribution in [0.2, 0.25) is 0 Å². The van der Waals surface area contributed by atoms with Gasteiger partial charge in [-0.2, -0.15) is 9.90 Å². The molecule has 0 N–H and O–H groups in total. The van der Waals surface area contributed by atoms with Crippen LogP contribution in [-0.4, -0.2) is 23.1 Å². The molecule has 81 valence electrons. The number of hydrogen-bond acceptors (Lipinski definition) is 0. The van der Waals surface area contributed by atoms with Crippen LogP contribution in [0, 0.1) is 0 Å². The second-order valence-corrected chi connectivity index (χ2v) is 0. The quantitative estimate of drug-likeness (QED) is 0.235. The van der Waals surface area contributed by atoms with Crippen LogP contribution in [0.1, 0.15) is 0 Å². The molecule has 0 fully saturated rings. The molecule has 1 atom stereocenters. The van der Waals surface area contributed by atoms with Gasteiger partial charge in [0.05, 0.1) is 0 Å². The van der Waals surface area contributed by atoms with Crippen LogP contribution in [0.15, 0.2) is 0 Å². The average molecular weight is 284 g/mol. The zero-order valence-electron chi connectivity index (χ0n) is 5.83. The molecule has 0 spiro atoms. The van der Waals surface area contributed by atoms with Crippen LogP contribution in [0.25, 0.3) is 0 Å². The van der Waals surface area contributed by atoms with Gasteiger partial charge in [0.15, 0.2) is 0 Å². The maximum absolute atomic E-state index is 0. The summed E-state index contributed by atoms with van der Waals surface area (Å²) in [6.45, 7) is 0. The molecule has 0 nitrogen and oxygen atoms in total. The molecule has 1 radical (unpaired) electrons. The molecule has 0 aromatic carbocycles. The summed E-state index contributed by atoms with van der Waals surface area (Å²) in [5.74, 6) is 0. The van der Waals surface area contributed by atoms with E-state index in [1.807, 2.05) is 0 Å². The van der Waals surface area contributed by atoms with Gasteiger partial charge >= 0.3 is 59.0 Å². The fraction of sp³-hybridized carbons (Fsp3) is 0. The van der Waals surface area contributed by atoms with Gasteiger partial charge in [0, 0.05) is 0 Å². The first-order valence-corrected chi connectivity index (χ1v) is 0. The topological polar surface area (TPSA) is 0 Å². The molecule has 12 heavy (non-hydrogen) atoms. The molecule has 0 saturated carbocycles. The third kappa shape index (κ3) is 442. The Labute approximate surface area is 106 Å². The van der Waals surface area contributed by atoms with Crippen molar-refractivity contribution in [3.05, 3.63) is 0 Å². The molecule has 0 aliphatic heterocycles. The predicted molar refractivity (Wildman–Crippen MR) is 24.4 cm³/mol. The van der Waals surface area contributed by atoms with Crippen molar-refractivity contribution in [2.75, 3.05) is 0 Å². The van der Waals surface area contributed by atoms with Crippen LogP contribution >= 0.6 is 9.90 Å². The zero-order chi connectivity index (χ0) is 0. The molecule has 0 heterocycles. The van der Waals surface area contributed by atoms with Crippen molar-refractivity contribution < 1.29 is 73.6 Å². The Morgan fingerprint density at radius 3 is 0.500 bits per heavy atom. The SMILES string of the molecule is F.F.F.P.[Cu+2].[F-].[F-].[F-].[F-].[F-].[Li+].[Mg+2]. The molecule has 12 heteroatoms. The zero-order valence-corrected chi connectivity index (χ0v) is 9.60. The maximum atomic E-state index is 0. The third-order valence-corrected chi connectivity index (χ3v) is 0. The van der Waals surface area contributed by atoms with E-state index in [1.165, 1.54) is 0 Å². The van der Waals surface area contributed by atoms with Crippen LogP contribution in [0.4, 0.5) is 14.1 Å². The summed E-state index contributed by atoms with van der Waals surface area (Å²) in [5.41, 5.74) is 0. The van der Waals surface area contributed by atoms with Crippen molar-refractivity contribution in [1.29, 1.82) is 0 Å². The molecule has 0 aromatic rings. The molecule has 0 aliphatic rings. The Morgan fingerprint density at radius 1 is 0.500 bits per heavy atom. The van der Waals surface area contributed by atoms with Gasteiger partial charge in [0.2, 0.25) is 0 Å². The number of rotatable bonds is 0. The van der Waals surface area contributed by atoms with E-state index >= 15 is 0 Å². The van der Waals surface area contributed by atoms with Crippen molar-refractivity contribution in [3.8, 4) is 0 Å². The Hall–Kier alpha value is 1.75. The van der Waals surface area contributed by atoms with Crippen LogP contribution in [0.3, 0.4) is 0 Å². The standard InChI is InChI=1S/Cu.8FH.Li.Mg.H3P/h;8*1H;;;1H3/q+2;;;;;;;;;+1;+2;/p-5. The Balaban J connectivity index is 0. The maximum Gasteiger partial charge on any atom is 2.00 e. The van der Waals surface area contributed by atoms with E-state index in [4.69, 9.17) is 0 Å². The largest absolute Gasteiger partial charge is 2.00 e. The van der Waals surface area contributed by atoms with E-state index < -0.39 is 0 Å². The van der Waals surface area contributed by atoms with Gasteiger partial charge in [-0.25, -0.2) is 0 Å². The summed E-state index contributed by atoms with van der Waals surface area (Å²) in [7, 11) is 0. The Morgan fingerprint density at radius 2 is 0.500 bits per heavy atom. The molecule has 0 aliphatic carbocycles. The van der Waals surface area contributed by atoms with Crippen LogP contribution in [-0.2, 0) is 17.1 Å². The van der Waals surface area contributed by atoms with Gasteiger partial charge in [0.1, 0.15) is 0 Å².